The van der Waals surface area contributed by atoms with Gasteiger partial charge in [-0.1, -0.05) is 50.5 Å². The van der Waals surface area contributed by atoms with Crippen molar-refractivity contribution in [1.82, 2.24) is 0 Å². The van der Waals surface area contributed by atoms with Crippen LogP contribution in [0.2, 0.25) is 0 Å². The molecule has 0 radical (unpaired) electrons. The summed E-state index contributed by atoms with van der Waals surface area (Å²) in [7, 11) is 1.64. The number of ether oxygens (including phenoxy) is 1. The summed E-state index contributed by atoms with van der Waals surface area (Å²) < 4.78 is 5.16. The molecular formula is C14H20O. The van der Waals surface area contributed by atoms with E-state index in [1.807, 2.05) is 26.0 Å². The zero-order chi connectivity index (χ0) is 11.7. The predicted molar refractivity (Wildman–Crippen MR) is 66.6 cm³/mol. The third kappa shape index (κ3) is 4.05. The molecule has 0 fully saturated rings. The van der Waals surface area contributed by atoms with Crippen molar-refractivity contribution in [3.63, 3.8) is 0 Å². The summed E-state index contributed by atoms with van der Waals surface area (Å²) in [6.45, 7) is 9.66. The van der Waals surface area contributed by atoms with Crippen molar-refractivity contribution in [3.8, 4) is 0 Å². The Kier molecular flexibility index (Phi) is 7.13. The summed E-state index contributed by atoms with van der Waals surface area (Å²) in [6, 6.07) is 0. The van der Waals surface area contributed by atoms with Gasteiger partial charge in [0.15, 0.2) is 5.76 Å². The third-order valence-corrected chi connectivity index (χ3v) is 1.99. The molecule has 0 N–H and O–H groups in total. The fraction of sp³-hybridized carbons (Fsp3) is 0.357. The topological polar surface area (TPSA) is 9.23 Å². The molecule has 0 aromatic rings. The van der Waals surface area contributed by atoms with Crippen LogP contribution in [-0.2, 0) is 4.74 Å². The Morgan fingerprint density at radius 1 is 1.47 bits per heavy atom. The van der Waals surface area contributed by atoms with Crippen LogP contribution in [0.15, 0.2) is 53.5 Å². The minimum atomic E-state index is 0.709. The largest absolute Gasteiger partial charge is 0.489 e. The number of methoxy groups -OCH3 is 1. The van der Waals surface area contributed by atoms with Gasteiger partial charge in [0.05, 0.1) is 7.11 Å². The lowest BCUT2D eigenvalue weighted by atomic mass is 10.1. The standard InChI is InChI=1S/C12H14O.C2H6/c1-4-12(13-3)11-9-7-5-6-8-10(11)2;1-2/h5,7-9H,1,6H2,2-3H3;1-2H3. The SMILES string of the molecule is C=C=C(OC)C1=CC=CCC=C1C.CC. The molecule has 0 saturated carbocycles. The van der Waals surface area contributed by atoms with Gasteiger partial charge in [0.1, 0.15) is 0 Å². The molecule has 0 saturated heterocycles. The van der Waals surface area contributed by atoms with E-state index in [0.29, 0.717) is 5.76 Å². The summed E-state index contributed by atoms with van der Waals surface area (Å²) in [4.78, 5) is 0. The highest BCUT2D eigenvalue weighted by atomic mass is 16.5. The number of rotatable bonds is 2. The Morgan fingerprint density at radius 2 is 2.13 bits per heavy atom. The monoisotopic (exact) mass is 204 g/mol. The first-order chi connectivity index (χ1) is 7.29. The first kappa shape index (κ1) is 13.5. The molecule has 0 unspecified atom stereocenters. The highest BCUT2D eigenvalue weighted by molar-refractivity contribution is 5.45. The maximum absolute atomic E-state index is 5.16. The van der Waals surface area contributed by atoms with Gasteiger partial charge in [0.2, 0.25) is 0 Å². The van der Waals surface area contributed by atoms with Crippen LogP contribution in [0.1, 0.15) is 27.2 Å². The molecule has 0 aliphatic heterocycles. The van der Waals surface area contributed by atoms with E-state index in [1.54, 1.807) is 7.11 Å². The fourth-order valence-electron chi connectivity index (χ4n) is 1.26. The predicted octanol–water partition coefficient (Wildman–Crippen LogP) is 4.16. The molecule has 1 heteroatoms. The van der Waals surface area contributed by atoms with Crippen LogP contribution in [0.4, 0.5) is 0 Å². The van der Waals surface area contributed by atoms with E-state index in [4.69, 9.17) is 4.74 Å². The fourth-order valence-corrected chi connectivity index (χ4v) is 1.26. The first-order valence-corrected chi connectivity index (χ1v) is 5.28. The Labute approximate surface area is 93.1 Å². The minimum absolute atomic E-state index is 0.709. The number of allylic oxidation sites excluding steroid dienone is 5. The summed E-state index contributed by atoms with van der Waals surface area (Å²) in [5.41, 5.74) is 5.05. The van der Waals surface area contributed by atoms with Gasteiger partial charge in [-0.25, -0.2) is 0 Å². The maximum atomic E-state index is 5.16. The second-order valence-corrected chi connectivity index (χ2v) is 2.84. The smallest absolute Gasteiger partial charge is 0.168 e. The van der Waals surface area contributed by atoms with Crippen molar-refractivity contribution in [1.29, 1.82) is 0 Å². The van der Waals surface area contributed by atoms with E-state index in [2.05, 4.69) is 31.4 Å². The zero-order valence-corrected chi connectivity index (χ0v) is 10.1. The highest BCUT2D eigenvalue weighted by Crippen LogP contribution is 2.21. The molecule has 0 aromatic carbocycles. The second kappa shape index (κ2) is 7.90. The Morgan fingerprint density at radius 3 is 2.67 bits per heavy atom. The maximum Gasteiger partial charge on any atom is 0.168 e. The van der Waals surface area contributed by atoms with E-state index < -0.39 is 0 Å². The Balaban J connectivity index is 0.000000921. The van der Waals surface area contributed by atoms with Crippen LogP contribution < -0.4 is 0 Å². The molecule has 0 heterocycles. The molecule has 1 aliphatic carbocycles. The van der Waals surface area contributed by atoms with Crippen LogP contribution >= 0.6 is 0 Å². The molecule has 1 rings (SSSR count). The number of hydrogen-bond acceptors (Lipinski definition) is 1. The van der Waals surface area contributed by atoms with Gasteiger partial charge in [0, 0.05) is 5.57 Å². The van der Waals surface area contributed by atoms with Gasteiger partial charge >= 0.3 is 0 Å². The Hall–Kier alpha value is -1.46. The van der Waals surface area contributed by atoms with Crippen molar-refractivity contribution >= 4 is 0 Å². The minimum Gasteiger partial charge on any atom is -0.489 e. The quantitative estimate of drug-likeness (QED) is 0.485. The van der Waals surface area contributed by atoms with Crippen molar-refractivity contribution < 1.29 is 4.74 Å². The van der Waals surface area contributed by atoms with E-state index in [1.165, 1.54) is 5.57 Å². The van der Waals surface area contributed by atoms with Gasteiger partial charge in [-0.3, -0.25) is 0 Å². The normalized spacial score (nSPS) is 13.6. The molecule has 0 spiro atoms. The average Bonchev–Trinajstić information content (AvgIpc) is 2.49. The molecule has 0 bridgehead atoms. The summed E-state index contributed by atoms with van der Waals surface area (Å²) in [6.07, 6.45) is 9.28. The molecular weight excluding hydrogens is 184 g/mol. The van der Waals surface area contributed by atoms with Crippen LogP contribution in [-0.4, -0.2) is 7.11 Å². The summed E-state index contributed by atoms with van der Waals surface area (Å²) in [5, 5.41) is 0. The lowest BCUT2D eigenvalue weighted by Gasteiger charge is -2.07. The van der Waals surface area contributed by atoms with Crippen molar-refractivity contribution in [3.05, 3.63) is 53.5 Å². The first-order valence-electron chi connectivity index (χ1n) is 5.28. The van der Waals surface area contributed by atoms with Crippen molar-refractivity contribution in [2.45, 2.75) is 27.2 Å². The van der Waals surface area contributed by atoms with Crippen molar-refractivity contribution in [2.24, 2.45) is 0 Å². The van der Waals surface area contributed by atoms with E-state index >= 15 is 0 Å². The van der Waals surface area contributed by atoms with E-state index in [9.17, 15) is 0 Å². The molecule has 0 amide bonds. The van der Waals surface area contributed by atoms with Gasteiger partial charge in [0.25, 0.3) is 0 Å². The van der Waals surface area contributed by atoms with Gasteiger partial charge < -0.3 is 4.74 Å². The van der Waals surface area contributed by atoms with Gasteiger partial charge in [-0.15, -0.1) is 0 Å². The van der Waals surface area contributed by atoms with Crippen LogP contribution in [0.3, 0.4) is 0 Å². The van der Waals surface area contributed by atoms with E-state index in [-0.39, 0.29) is 0 Å². The van der Waals surface area contributed by atoms with Gasteiger partial charge in [-0.2, -0.15) is 0 Å². The number of hydrogen-bond donors (Lipinski definition) is 0. The highest BCUT2D eigenvalue weighted by Gasteiger charge is 2.06. The Bertz CT molecular complexity index is 323. The lowest BCUT2D eigenvalue weighted by Crippen LogP contribution is -1.92. The molecule has 82 valence electrons. The van der Waals surface area contributed by atoms with Crippen molar-refractivity contribution in [2.75, 3.05) is 7.11 Å². The third-order valence-electron chi connectivity index (χ3n) is 1.99. The summed E-state index contributed by atoms with van der Waals surface area (Å²) in [5.74, 6) is 0.709. The summed E-state index contributed by atoms with van der Waals surface area (Å²) >= 11 is 0. The molecule has 15 heavy (non-hydrogen) atoms. The van der Waals surface area contributed by atoms with Gasteiger partial charge in [-0.05, 0) is 18.9 Å². The van der Waals surface area contributed by atoms with E-state index in [0.717, 1.165) is 12.0 Å². The zero-order valence-electron chi connectivity index (χ0n) is 10.1. The second-order valence-electron chi connectivity index (χ2n) is 2.84. The van der Waals surface area contributed by atoms with Crippen LogP contribution in [0.5, 0.6) is 0 Å². The average molecular weight is 204 g/mol. The molecule has 0 atom stereocenters. The lowest BCUT2D eigenvalue weighted by molar-refractivity contribution is 0.303. The molecule has 1 nitrogen and oxygen atoms in total. The van der Waals surface area contributed by atoms with Crippen LogP contribution in [0, 0.1) is 0 Å². The van der Waals surface area contributed by atoms with Crippen LogP contribution in [0.25, 0.3) is 0 Å². The molecule has 1 aliphatic rings. The molecule has 0 aromatic heterocycles.